The van der Waals surface area contributed by atoms with E-state index in [1.54, 1.807) is 37.8 Å². The van der Waals surface area contributed by atoms with Crippen molar-refractivity contribution >= 4 is 18.0 Å². The van der Waals surface area contributed by atoms with Crippen LogP contribution in [-0.2, 0) is 14.3 Å². The molecule has 0 saturated carbocycles. The number of likely N-dealkylation sites (tertiary alicyclic amines) is 2. The number of amides is 2. The van der Waals surface area contributed by atoms with Crippen LogP contribution in [0.25, 0.3) is 0 Å². The van der Waals surface area contributed by atoms with Crippen LogP contribution in [0.3, 0.4) is 0 Å². The van der Waals surface area contributed by atoms with Gasteiger partial charge in [-0.15, -0.1) is 0 Å². The van der Waals surface area contributed by atoms with Crippen LogP contribution in [0, 0.1) is 11.3 Å². The molecular formula is C23H29N3O5. The number of carbonyl (C=O) groups is 3. The number of nitrogens with zero attached hydrogens (tertiary/aromatic N) is 3. The molecule has 2 saturated heterocycles. The van der Waals surface area contributed by atoms with Gasteiger partial charge in [-0.3, -0.25) is 9.69 Å². The van der Waals surface area contributed by atoms with Crippen molar-refractivity contribution in [3.63, 3.8) is 0 Å². The van der Waals surface area contributed by atoms with Gasteiger partial charge in [-0.25, -0.2) is 9.59 Å². The molecule has 3 rings (SSSR count). The van der Waals surface area contributed by atoms with Gasteiger partial charge in [0.05, 0.1) is 18.7 Å². The van der Waals surface area contributed by atoms with E-state index in [1.807, 2.05) is 12.1 Å². The first-order valence-corrected chi connectivity index (χ1v) is 10.5. The van der Waals surface area contributed by atoms with Crippen molar-refractivity contribution in [3.05, 3.63) is 35.4 Å². The molecule has 0 bridgehead atoms. The number of hydrogen-bond acceptors (Lipinski definition) is 6. The van der Waals surface area contributed by atoms with Crippen molar-refractivity contribution in [1.82, 2.24) is 9.80 Å². The minimum absolute atomic E-state index is 0.236. The van der Waals surface area contributed by atoms with E-state index in [0.29, 0.717) is 24.9 Å². The van der Waals surface area contributed by atoms with Crippen LogP contribution in [0.2, 0.25) is 0 Å². The molecule has 3 atom stereocenters. The van der Waals surface area contributed by atoms with Crippen LogP contribution in [0.15, 0.2) is 24.3 Å². The number of rotatable bonds is 3. The standard InChI is InChI=1S/C23H29N3O5/c1-23(2,3)31-22(29)26-14-15(17-9-5-6-10-18(17)21(28)30-4)12-19(26)20(27)25-11-7-8-16(25)13-24/h5-6,9-10,15-16,19H,7-8,11-12,14H2,1-4H3/t15-,16-,19-/m0/s1. The Morgan fingerprint density at radius 2 is 1.87 bits per heavy atom. The van der Waals surface area contributed by atoms with E-state index in [4.69, 9.17) is 9.47 Å². The number of nitriles is 1. The third-order valence-electron chi connectivity index (χ3n) is 5.70. The van der Waals surface area contributed by atoms with E-state index in [9.17, 15) is 19.6 Å². The maximum Gasteiger partial charge on any atom is 0.410 e. The summed E-state index contributed by atoms with van der Waals surface area (Å²) in [5.41, 5.74) is 0.440. The van der Waals surface area contributed by atoms with Gasteiger partial charge >= 0.3 is 12.1 Å². The summed E-state index contributed by atoms with van der Waals surface area (Å²) >= 11 is 0. The fourth-order valence-electron chi connectivity index (χ4n) is 4.32. The van der Waals surface area contributed by atoms with Crippen molar-refractivity contribution in [1.29, 1.82) is 5.26 Å². The Kier molecular flexibility index (Phi) is 6.54. The zero-order valence-electron chi connectivity index (χ0n) is 18.5. The van der Waals surface area contributed by atoms with Crippen molar-refractivity contribution in [2.75, 3.05) is 20.2 Å². The molecule has 166 valence electrons. The SMILES string of the molecule is COC(=O)c1ccccc1[C@H]1C[C@@H](C(=O)N2CCC[C@H]2C#N)N(C(=O)OC(C)(C)C)C1. The molecule has 2 amide bonds. The molecule has 2 fully saturated rings. The van der Waals surface area contributed by atoms with Gasteiger partial charge in [0.1, 0.15) is 17.7 Å². The lowest BCUT2D eigenvalue weighted by molar-refractivity contribution is -0.135. The van der Waals surface area contributed by atoms with Gasteiger partial charge in [0, 0.05) is 19.0 Å². The summed E-state index contributed by atoms with van der Waals surface area (Å²) in [5, 5.41) is 9.41. The second kappa shape index (κ2) is 8.96. The Bertz CT molecular complexity index is 901. The maximum atomic E-state index is 13.4. The molecular weight excluding hydrogens is 398 g/mol. The van der Waals surface area contributed by atoms with E-state index in [2.05, 4.69) is 6.07 Å². The molecule has 0 radical (unpaired) electrons. The fourth-order valence-corrected chi connectivity index (χ4v) is 4.32. The second-order valence-electron chi connectivity index (χ2n) is 8.98. The highest BCUT2D eigenvalue weighted by molar-refractivity contribution is 5.92. The first kappa shape index (κ1) is 22.6. The van der Waals surface area contributed by atoms with Gasteiger partial charge in [0.25, 0.3) is 0 Å². The lowest BCUT2D eigenvalue weighted by Gasteiger charge is -2.31. The van der Waals surface area contributed by atoms with E-state index >= 15 is 0 Å². The summed E-state index contributed by atoms with van der Waals surface area (Å²) in [7, 11) is 1.32. The number of methoxy groups -OCH3 is 1. The number of carbonyl (C=O) groups excluding carboxylic acids is 3. The summed E-state index contributed by atoms with van der Waals surface area (Å²) in [6.45, 7) is 6.06. The summed E-state index contributed by atoms with van der Waals surface area (Å²) in [6.07, 6.45) is 1.17. The predicted molar refractivity (Wildman–Crippen MR) is 112 cm³/mol. The average molecular weight is 428 g/mol. The topological polar surface area (TPSA) is 99.9 Å². The zero-order chi connectivity index (χ0) is 22.8. The Morgan fingerprint density at radius 3 is 2.52 bits per heavy atom. The van der Waals surface area contributed by atoms with E-state index in [-0.39, 0.29) is 18.4 Å². The average Bonchev–Trinajstić information content (AvgIpc) is 3.38. The molecule has 8 heteroatoms. The molecule has 1 aromatic carbocycles. The molecule has 0 aromatic heterocycles. The summed E-state index contributed by atoms with van der Waals surface area (Å²) in [5.74, 6) is -0.939. The maximum absolute atomic E-state index is 13.4. The fraction of sp³-hybridized carbons (Fsp3) is 0.565. The smallest absolute Gasteiger partial charge is 0.410 e. The van der Waals surface area contributed by atoms with E-state index in [1.165, 1.54) is 12.0 Å². The monoisotopic (exact) mass is 427 g/mol. The molecule has 31 heavy (non-hydrogen) atoms. The molecule has 1 aromatic rings. The molecule has 0 aliphatic carbocycles. The van der Waals surface area contributed by atoms with Crippen molar-refractivity contribution in [2.24, 2.45) is 0 Å². The van der Waals surface area contributed by atoms with E-state index in [0.717, 1.165) is 12.0 Å². The summed E-state index contributed by atoms with van der Waals surface area (Å²) in [4.78, 5) is 41.6. The minimum Gasteiger partial charge on any atom is -0.465 e. The third kappa shape index (κ3) is 4.82. The van der Waals surface area contributed by atoms with Gasteiger partial charge in [-0.2, -0.15) is 5.26 Å². The van der Waals surface area contributed by atoms with Gasteiger partial charge in [-0.1, -0.05) is 18.2 Å². The number of benzene rings is 1. The van der Waals surface area contributed by atoms with Crippen molar-refractivity contribution < 1.29 is 23.9 Å². The third-order valence-corrected chi connectivity index (χ3v) is 5.70. The highest BCUT2D eigenvalue weighted by Crippen LogP contribution is 2.36. The van der Waals surface area contributed by atoms with Crippen LogP contribution >= 0.6 is 0 Å². The van der Waals surface area contributed by atoms with Gasteiger partial charge < -0.3 is 14.4 Å². The van der Waals surface area contributed by atoms with Crippen LogP contribution < -0.4 is 0 Å². The molecule has 2 aliphatic rings. The zero-order valence-corrected chi connectivity index (χ0v) is 18.5. The van der Waals surface area contributed by atoms with Crippen molar-refractivity contribution in [3.8, 4) is 6.07 Å². The Labute approximate surface area is 182 Å². The normalized spacial score (nSPS) is 23.4. The number of hydrogen-bond donors (Lipinski definition) is 0. The van der Waals surface area contributed by atoms with Crippen LogP contribution in [-0.4, -0.2) is 65.7 Å². The summed E-state index contributed by atoms with van der Waals surface area (Å²) in [6, 6.07) is 8.03. The molecule has 0 N–H and O–H groups in total. The van der Waals surface area contributed by atoms with Crippen LogP contribution in [0.5, 0.6) is 0 Å². The van der Waals surface area contributed by atoms with Gasteiger partial charge in [-0.05, 0) is 51.7 Å². The Balaban J connectivity index is 1.93. The highest BCUT2D eigenvalue weighted by Gasteiger charge is 2.46. The number of esters is 1. The van der Waals surface area contributed by atoms with Crippen molar-refractivity contribution in [2.45, 2.75) is 63.6 Å². The first-order valence-electron chi connectivity index (χ1n) is 10.5. The summed E-state index contributed by atoms with van der Waals surface area (Å²) < 4.78 is 10.5. The van der Waals surface area contributed by atoms with Crippen LogP contribution in [0.1, 0.15) is 61.9 Å². The molecule has 2 aliphatic heterocycles. The first-order chi connectivity index (χ1) is 14.7. The Morgan fingerprint density at radius 1 is 1.16 bits per heavy atom. The highest BCUT2D eigenvalue weighted by atomic mass is 16.6. The van der Waals surface area contributed by atoms with Crippen LogP contribution in [0.4, 0.5) is 4.79 Å². The minimum atomic E-state index is -0.750. The molecule has 0 unspecified atom stereocenters. The van der Waals surface area contributed by atoms with Gasteiger partial charge in [0.15, 0.2) is 0 Å². The van der Waals surface area contributed by atoms with E-state index < -0.39 is 29.7 Å². The van der Waals surface area contributed by atoms with Gasteiger partial charge in [0.2, 0.25) is 5.91 Å². The quantitative estimate of drug-likeness (QED) is 0.687. The number of ether oxygens (including phenoxy) is 2. The molecule has 2 heterocycles. The second-order valence-corrected chi connectivity index (χ2v) is 8.98. The molecule has 0 spiro atoms. The lowest BCUT2D eigenvalue weighted by Crippen LogP contribution is -2.50. The largest absolute Gasteiger partial charge is 0.465 e. The predicted octanol–water partition coefficient (Wildman–Crippen LogP) is 3.08. The lowest BCUT2D eigenvalue weighted by atomic mass is 9.91. The molecule has 8 nitrogen and oxygen atoms in total. The Hall–Kier alpha value is -3.08.